The van der Waals surface area contributed by atoms with Crippen molar-refractivity contribution < 1.29 is 9.53 Å². The van der Waals surface area contributed by atoms with Gasteiger partial charge in [0.25, 0.3) is 0 Å². The smallest absolute Gasteiger partial charge is 0.339 e. The van der Waals surface area contributed by atoms with Gasteiger partial charge in [0.05, 0.1) is 17.6 Å². The van der Waals surface area contributed by atoms with Crippen molar-refractivity contribution in [3.05, 3.63) is 46.1 Å². The molecule has 3 heterocycles. The first-order valence-corrected chi connectivity index (χ1v) is 10.5. The van der Waals surface area contributed by atoms with Crippen LogP contribution in [0.1, 0.15) is 22.8 Å². The molecule has 1 fully saturated rings. The summed E-state index contributed by atoms with van der Waals surface area (Å²) in [6.45, 7) is 7.53. The number of thiophene rings is 1. The zero-order chi connectivity index (χ0) is 19.7. The highest BCUT2D eigenvalue weighted by Gasteiger charge is 2.25. The highest BCUT2D eigenvalue weighted by molar-refractivity contribution is 7.17. The number of hydrogen-bond donors (Lipinski definition) is 0. The number of carbonyl (C=O) groups is 1. The molecule has 3 aromatic rings. The molecule has 146 valence electrons. The minimum atomic E-state index is -0.348. The molecule has 6 nitrogen and oxygen atoms in total. The molecule has 0 aliphatic carbocycles. The Morgan fingerprint density at radius 2 is 1.96 bits per heavy atom. The zero-order valence-electron chi connectivity index (χ0n) is 15.8. The minimum absolute atomic E-state index is 0.195. The van der Waals surface area contributed by atoms with E-state index in [1.807, 2.05) is 0 Å². The molecule has 1 aliphatic heterocycles. The lowest BCUT2D eigenvalue weighted by molar-refractivity contribution is 0.0529. The fourth-order valence-corrected chi connectivity index (χ4v) is 4.60. The number of aromatic nitrogens is 2. The van der Waals surface area contributed by atoms with E-state index in [4.69, 9.17) is 16.3 Å². The van der Waals surface area contributed by atoms with Crippen LogP contribution in [0.4, 0.5) is 11.5 Å². The Balaban J connectivity index is 1.62. The molecular weight excluding hydrogens is 396 g/mol. The van der Waals surface area contributed by atoms with Crippen LogP contribution in [0, 0.1) is 6.92 Å². The summed E-state index contributed by atoms with van der Waals surface area (Å²) in [5, 5.41) is 2.71. The minimum Gasteiger partial charge on any atom is -0.462 e. The van der Waals surface area contributed by atoms with Gasteiger partial charge in [0.15, 0.2) is 0 Å². The van der Waals surface area contributed by atoms with Gasteiger partial charge in [0, 0.05) is 37.2 Å². The standard InChI is InChI=1S/C20H21ClN4O2S/c1-3-27-19(26)15-12-28-18-16(15)17(22-20(21)23-18)25-9-7-24(8-10-25)14-6-4-5-13(2)11-14/h4-6,11-12H,3,7-10H2,1-2H3. The number of halogens is 1. The van der Waals surface area contributed by atoms with E-state index in [0.29, 0.717) is 22.8 Å². The van der Waals surface area contributed by atoms with Crippen LogP contribution in [-0.2, 0) is 4.74 Å². The number of benzene rings is 1. The molecule has 28 heavy (non-hydrogen) atoms. The maximum Gasteiger partial charge on any atom is 0.339 e. The van der Waals surface area contributed by atoms with Crippen molar-refractivity contribution in [2.75, 3.05) is 42.6 Å². The molecule has 1 saturated heterocycles. The van der Waals surface area contributed by atoms with E-state index in [1.165, 1.54) is 22.6 Å². The van der Waals surface area contributed by atoms with Crippen molar-refractivity contribution in [3.8, 4) is 0 Å². The van der Waals surface area contributed by atoms with Crippen molar-refractivity contribution in [2.45, 2.75) is 13.8 Å². The van der Waals surface area contributed by atoms with Crippen LogP contribution in [-0.4, -0.2) is 48.7 Å². The lowest BCUT2D eigenvalue weighted by Crippen LogP contribution is -2.47. The molecule has 0 amide bonds. The number of fused-ring (bicyclic) bond motifs is 1. The predicted molar refractivity (Wildman–Crippen MR) is 114 cm³/mol. The number of hydrogen-bond acceptors (Lipinski definition) is 7. The van der Waals surface area contributed by atoms with Crippen LogP contribution in [0.5, 0.6) is 0 Å². The summed E-state index contributed by atoms with van der Waals surface area (Å²) in [4.78, 5) is 26.4. The Hall–Kier alpha value is -2.38. The molecule has 1 aliphatic rings. The molecule has 0 radical (unpaired) electrons. The molecule has 0 atom stereocenters. The fourth-order valence-electron chi connectivity index (χ4n) is 3.49. The first-order valence-electron chi connectivity index (χ1n) is 9.25. The van der Waals surface area contributed by atoms with Gasteiger partial charge in [0.1, 0.15) is 10.6 Å². The summed E-state index contributed by atoms with van der Waals surface area (Å²) in [6.07, 6.45) is 0. The number of carbonyl (C=O) groups excluding carboxylic acids is 1. The molecule has 8 heteroatoms. The second-order valence-corrected chi connectivity index (χ2v) is 7.88. The van der Waals surface area contributed by atoms with Crippen molar-refractivity contribution in [2.24, 2.45) is 0 Å². The van der Waals surface area contributed by atoms with Crippen LogP contribution in [0.3, 0.4) is 0 Å². The third-order valence-electron chi connectivity index (χ3n) is 4.83. The second-order valence-electron chi connectivity index (χ2n) is 6.68. The van der Waals surface area contributed by atoms with Gasteiger partial charge in [0.2, 0.25) is 5.28 Å². The van der Waals surface area contributed by atoms with Gasteiger partial charge in [-0.15, -0.1) is 11.3 Å². The third-order valence-corrected chi connectivity index (χ3v) is 5.87. The first kappa shape index (κ1) is 19.0. The summed E-state index contributed by atoms with van der Waals surface area (Å²) in [7, 11) is 0. The Morgan fingerprint density at radius 3 is 2.68 bits per heavy atom. The summed E-state index contributed by atoms with van der Waals surface area (Å²) >= 11 is 7.55. The molecule has 2 aromatic heterocycles. The van der Waals surface area contributed by atoms with Crippen LogP contribution in [0.15, 0.2) is 29.6 Å². The Labute approximate surface area is 172 Å². The van der Waals surface area contributed by atoms with Gasteiger partial charge in [-0.25, -0.2) is 9.78 Å². The Kier molecular flexibility index (Phi) is 5.37. The van der Waals surface area contributed by atoms with Gasteiger partial charge in [-0.1, -0.05) is 12.1 Å². The highest BCUT2D eigenvalue weighted by Crippen LogP contribution is 2.34. The van der Waals surface area contributed by atoms with Gasteiger partial charge >= 0.3 is 5.97 Å². The van der Waals surface area contributed by atoms with Crippen LogP contribution >= 0.6 is 22.9 Å². The molecule has 4 rings (SSSR count). The summed E-state index contributed by atoms with van der Waals surface area (Å²) < 4.78 is 5.21. The average Bonchev–Trinajstić information content (AvgIpc) is 3.11. The van der Waals surface area contributed by atoms with Gasteiger partial charge in [-0.3, -0.25) is 0 Å². The van der Waals surface area contributed by atoms with E-state index < -0.39 is 0 Å². The van der Waals surface area contributed by atoms with Crippen LogP contribution in [0.2, 0.25) is 5.28 Å². The predicted octanol–water partition coefficient (Wildman–Crippen LogP) is 4.16. The number of piperazine rings is 1. The third kappa shape index (κ3) is 3.64. The maximum absolute atomic E-state index is 12.4. The number of nitrogens with zero attached hydrogens (tertiary/aromatic N) is 4. The molecule has 0 unspecified atom stereocenters. The molecule has 1 aromatic carbocycles. The normalized spacial score (nSPS) is 14.5. The second kappa shape index (κ2) is 7.93. The number of rotatable bonds is 4. The number of esters is 1. The zero-order valence-corrected chi connectivity index (χ0v) is 17.4. The van der Waals surface area contributed by atoms with Crippen molar-refractivity contribution in [1.82, 2.24) is 9.97 Å². The number of ether oxygens (including phenoxy) is 1. The van der Waals surface area contributed by atoms with E-state index in [9.17, 15) is 4.79 Å². The Morgan fingerprint density at radius 1 is 1.21 bits per heavy atom. The summed E-state index contributed by atoms with van der Waals surface area (Å²) in [5.41, 5.74) is 2.99. The molecule has 0 bridgehead atoms. The first-order chi connectivity index (χ1) is 13.6. The maximum atomic E-state index is 12.4. The van der Waals surface area contributed by atoms with Gasteiger partial charge in [-0.05, 0) is 43.1 Å². The van der Waals surface area contributed by atoms with Crippen molar-refractivity contribution in [1.29, 1.82) is 0 Å². The monoisotopic (exact) mass is 416 g/mol. The SMILES string of the molecule is CCOC(=O)c1csc2nc(Cl)nc(N3CCN(c4cccc(C)c4)CC3)c12. The van der Waals surface area contributed by atoms with Crippen molar-refractivity contribution in [3.63, 3.8) is 0 Å². The number of aryl methyl sites for hydroxylation is 1. The lowest BCUT2D eigenvalue weighted by atomic mass is 10.1. The highest BCUT2D eigenvalue weighted by atomic mass is 35.5. The van der Waals surface area contributed by atoms with Crippen LogP contribution in [0.25, 0.3) is 10.2 Å². The fraction of sp³-hybridized carbons (Fsp3) is 0.350. The molecular formula is C20H21ClN4O2S. The summed E-state index contributed by atoms with van der Waals surface area (Å²) in [6, 6.07) is 8.53. The quantitative estimate of drug-likeness (QED) is 0.470. The van der Waals surface area contributed by atoms with Crippen LogP contribution < -0.4 is 9.80 Å². The van der Waals surface area contributed by atoms with E-state index in [1.54, 1.807) is 12.3 Å². The molecule has 0 N–H and O–H groups in total. The largest absolute Gasteiger partial charge is 0.462 e. The number of anilines is 2. The average molecular weight is 417 g/mol. The van der Waals surface area contributed by atoms with Gasteiger partial charge in [-0.2, -0.15) is 4.98 Å². The molecule has 0 saturated carbocycles. The van der Waals surface area contributed by atoms with E-state index in [-0.39, 0.29) is 11.3 Å². The van der Waals surface area contributed by atoms with E-state index in [2.05, 4.69) is 51.0 Å². The topological polar surface area (TPSA) is 58.6 Å². The molecule has 0 spiro atoms. The lowest BCUT2D eigenvalue weighted by Gasteiger charge is -2.37. The van der Waals surface area contributed by atoms with Crippen molar-refractivity contribution >= 4 is 50.6 Å². The van der Waals surface area contributed by atoms with E-state index in [0.717, 1.165) is 31.6 Å². The Bertz CT molecular complexity index is 1010. The summed E-state index contributed by atoms with van der Waals surface area (Å²) in [5.74, 6) is 0.363. The van der Waals surface area contributed by atoms with Gasteiger partial charge < -0.3 is 14.5 Å². The van der Waals surface area contributed by atoms with E-state index >= 15 is 0 Å².